The second-order valence-corrected chi connectivity index (χ2v) is 3.90. The first-order chi connectivity index (χ1) is 7.67. The minimum atomic E-state index is -4.49. The number of likely N-dealkylation sites (N-methyl/N-ethyl adjacent to an activating group) is 1. The smallest absolute Gasteiger partial charge is 0.347 e. The van der Waals surface area contributed by atoms with E-state index < -0.39 is 31.1 Å². The van der Waals surface area contributed by atoms with E-state index in [9.17, 15) is 22.8 Å². The van der Waals surface area contributed by atoms with Gasteiger partial charge in [0.25, 0.3) is 0 Å². The van der Waals surface area contributed by atoms with Crippen LogP contribution in [0, 0.1) is 0 Å². The van der Waals surface area contributed by atoms with Crippen LogP contribution in [-0.4, -0.2) is 55.0 Å². The third-order valence-electron chi connectivity index (χ3n) is 2.01. The molecule has 0 spiro atoms. The minimum Gasteiger partial charge on any atom is -0.347 e. The zero-order valence-corrected chi connectivity index (χ0v) is 10.2. The van der Waals surface area contributed by atoms with Crippen LogP contribution in [0.25, 0.3) is 0 Å². The van der Waals surface area contributed by atoms with Gasteiger partial charge in [-0.15, -0.1) is 0 Å². The standard InChI is InChI=1S/C10H17F3N2O2/c1-4-5-8(16)15(7-10(11,12)13)6-9(17)14(2)3/h4-7H2,1-3H3. The fraction of sp³-hybridized carbons (Fsp3) is 0.800. The van der Waals surface area contributed by atoms with Crippen LogP contribution in [0.4, 0.5) is 13.2 Å². The summed E-state index contributed by atoms with van der Waals surface area (Å²) in [6.07, 6.45) is -4.03. The van der Waals surface area contributed by atoms with E-state index >= 15 is 0 Å². The van der Waals surface area contributed by atoms with E-state index in [1.807, 2.05) is 0 Å². The average Bonchev–Trinajstić information content (AvgIpc) is 2.14. The third kappa shape index (κ3) is 6.80. The summed E-state index contributed by atoms with van der Waals surface area (Å²) < 4.78 is 36.7. The molecule has 100 valence electrons. The molecular formula is C10H17F3N2O2. The van der Waals surface area contributed by atoms with Crippen LogP contribution in [0.5, 0.6) is 0 Å². The van der Waals surface area contributed by atoms with Gasteiger partial charge < -0.3 is 9.80 Å². The van der Waals surface area contributed by atoms with Gasteiger partial charge in [0.05, 0.1) is 0 Å². The maximum atomic E-state index is 12.2. The molecule has 0 aromatic carbocycles. The van der Waals surface area contributed by atoms with Crippen LogP contribution >= 0.6 is 0 Å². The highest BCUT2D eigenvalue weighted by Gasteiger charge is 2.33. The lowest BCUT2D eigenvalue weighted by Crippen LogP contribution is -2.44. The number of hydrogen-bond donors (Lipinski definition) is 0. The quantitative estimate of drug-likeness (QED) is 0.741. The van der Waals surface area contributed by atoms with E-state index in [-0.39, 0.29) is 6.42 Å². The van der Waals surface area contributed by atoms with Crippen molar-refractivity contribution in [1.82, 2.24) is 9.80 Å². The topological polar surface area (TPSA) is 40.6 Å². The number of nitrogens with zero attached hydrogens (tertiary/aromatic N) is 2. The highest BCUT2D eigenvalue weighted by atomic mass is 19.4. The molecule has 7 heteroatoms. The van der Waals surface area contributed by atoms with Crippen LogP contribution in [0.2, 0.25) is 0 Å². The predicted molar refractivity (Wildman–Crippen MR) is 56.2 cm³/mol. The molecule has 0 atom stereocenters. The Hall–Kier alpha value is -1.27. The van der Waals surface area contributed by atoms with Gasteiger partial charge in [-0.05, 0) is 6.42 Å². The molecule has 0 aromatic heterocycles. The van der Waals surface area contributed by atoms with Crippen LogP contribution in [-0.2, 0) is 9.59 Å². The van der Waals surface area contributed by atoms with Gasteiger partial charge in [0, 0.05) is 20.5 Å². The van der Waals surface area contributed by atoms with Gasteiger partial charge in [0.1, 0.15) is 13.1 Å². The molecule has 0 rings (SSSR count). The number of amides is 2. The highest BCUT2D eigenvalue weighted by molar-refractivity contribution is 5.84. The molecule has 0 aliphatic carbocycles. The normalized spacial score (nSPS) is 11.2. The molecule has 0 saturated carbocycles. The van der Waals surface area contributed by atoms with Gasteiger partial charge in [0.15, 0.2) is 0 Å². The Morgan fingerprint density at radius 1 is 1.12 bits per heavy atom. The fourth-order valence-electron chi connectivity index (χ4n) is 1.13. The van der Waals surface area contributed by atoms with Crippen molar-refractivity contribution in [2.45, 2.75) is 25.9 Å². The number of halogens is 3. The molecule has 17 heavy (non-hydrogen) atoms. The first-order valence-corrected chi connectivity index (χ1v) is 5.22. The van der Waals surface area contributed by atoms with E-state index in [2.05, 4.69) is 0 Å². The second-order valence-electron chi connectivity index (χ2n) is 3.90. The summed E-state index contributed by atoms with van der Waals surface area (Å²) in [5, 5.41) is 0. The molecule has 0 saturated heterocycles. The monoisotopic (exact) mass is 254 g/mol. The number of carbonyl (C=O) groups excluding carboxylic acids is 2. The van der Waals surface area contributed by atoms with Gasteiger partial charge in [-0.2, -0.15) is 13.2 Å². The zero-order valence-electron chi connectivity index (χ0n) is 10.2. The van der Waals surface area contributed by atoms with E-state index in [1.54, 1.807) is 6.92 Å². The van der Waals surface area contributed by atoms with Crippen molar-refractivity contribution in [3.8, 4) is 0 Å². The lowest BCUT2D eigenvalue weighted by molar-refractivity contribution is -0.164. The molecule has 0 heterocycles. The Morgan fingerprint density at radius 3 is 2.00 bits per heavy atom. The van der Waals surface area contributed by atoms with Crippen molar-refractivity contribution < 1.29 is 22.8 Å². The highest BCUT2D eigenvalue weighted by Crippen LogP contribution is 2.17. The van der Waals surface area contributed by atoms with Gasteiger partial charge in [0.2, 0.25) is 11.8 Å². The van der Waals surface area contributed by atoms with Gasteiger partial charge in [-0.1, -0.05) is 6.92 Å². The molecule has 0 aliphatic heterocycles. The maximum absolute atomic E-state index is 12.2. The molecule has 0 unspecified atom stereocenters. The van der Waals surface area contributed by atoms with Gasteiger partial charge >= 0.3 is 6.18 Å². The summed E-state index contributed by atoms with van der Waals surface area (Å²) in [4.78, 5) is 24.4. The van der Waals surface area contributed by atoms with Crippen LogP contribution in [0.15, 0.2) is 0 Å². The Morgan fingerprint density at radius 2 is 1.65 bits per heavy atom. The molecule has 4 nitrogen and oxygen atoms in total. The Kier molecular flexibility index (Phi) is 5.98. The maximum Gasteiger partial charge on any atom is 0.406 e. The van der Waals surface area contributed by atoms with Gasteiger partial charge in [-0.25, -0.2) is 0 Å². The van der Waals surface area contributed by atoms with Crippen molar-refractivity contribution in [3.63, 3.8) is 0 Å². The molecule has 0 aliphatic rings. The minimum absolute atomic E-state index is 0.0107. The van der Waals surface area contributed by atoms with Crippen molar-refractivity contribution in [2.24, 2.45) is 0 Å². The lowest BCUT2D eigenvalue weighted by atomic mass is 10.3. The first-order valence-electron chi connectivity index (χ1n) is 5.22. The van der Waals surface area contributed by atoms with Crippen LogP contribution in [0.3, 0.4) is 0 Å². The largest absolute Gasteiger partial charge is 0.406 e. The number of hydrogen-bond acceptors (Lipinski definition) is 2. The summed E-state index contributed by atoms with van der Waals surface area (Å²) in [5.74, 6) is -1.18. The second kappa shape index (κ2) is 6.46. The van der Waals surface area contributed by atoms with Crippen molar-refractivity contribution in [2.75, 3.05) is 27.2 Å². The van der Waals surface area contributed by atoms with Crippen molar-refractivity contribution in [3.05, 3.63) is 0 Å². The van der Waals surface area contributed by atoms with Crippen LogP contribution < -0.4 is 0 Å². The molecule has 0 fully saturated rings. The first kappa shape index (κ1) is 15.7. The number of rotatable bonds is 5. The lowest BCUT2D eigenvalue weighted by Gasteiger charge is -2.24. The van der Waals surface area contributed by atoms with E-state index in [4.69, 9.17) is 0 Å². The Bertz CT molecular complexity index is 277. The van der Waals surface area contributed by atoms with Crippen LogP contribution in [0.1, 0.15) is 19.8 Å². The summed E-state index contributed by atoms with van der Waals surface area (Å²) in [5.41, 5.74) is 0. The predicted octanol–water partition coefficient (Wildman–Crippen LogP) is 1.27. The molecule has 0 bridgehead atoms. The summed E-state index contributed by atoms with van der Waals surface area (Å²) in [7, 11) is 2.86. The zero-order chi connectivity index (χ0) is 13.6. The van der Waals surface area contributed by atoms with Gasteiger partial charge in [-0.3, -0.25) is 9.59 Å². The summed E-state index contributed by atoms with van der Waals surface area (Å²) in [6, 6.07) is 0. The average molecular weight is 254 g/mol. The fourth-order valence-corrected chi connectivity index (χ4v) is 1.13. The molecule has 2 amide bonds. The Labute approximate surface area is 98.4 Å². The van der Waals surface area contributed by atoms with Crippen molar-refractivity contribution >= 4 is 11.8 Å². The SMILES string of the molecule is CCCC(=O)N(CC(=O)N(C)C)CC(F)(F)F. The van der Waals surface area contributed by atoms with E-state index in [0.29, 0.717) is 11.3 Å². The third-order valence-corrected chi connectivity index (χ3v) is 2.01. The Balaban J connectivity index is 4.62. The molecule has 0 aromatic rings. The molecular weight excluding hydrogens is 237 g/mol. The van der Waals surface area contributed by atoms with Crippen molar-refractivity contribution in [1.29, 1.82) is 0 Å². The number of carbonyl (C=O) groups is 2. The van der Waals surface area contributed by atoms with E-state index in [1.165, 1.54) is 14.1 Å². The summed E-state index contributed by atoms with van der Waals surface area (Å²) in [6.45, 7) is -0.228. The number of alkyl halides is 3. The summed E-state index contributed by atoms with van der Waals surface area (Å²) >= 11 is 0. The molecule has 0 radical (unpaired) electrons. The molecule has 0 N–H and O–H groups in total. The van der Waals surface area contributed by atoms with E-state index in [0.717, 1.165) is 4.90 Å².